The van der Waals surface area contributed by atoms with Crippen molar-refractivity contribution in [2.75, 3.05) is 0 Å². The Morgan fingerprint density at radius 1 is 1.17 bits per heavy atom. The second-order valence-corrected chi connectivity index (χ2v) is 5.47. The Morgan fingerprint density at radius 2 is 1.87 bits per heavy atom. The van der Waals surface area contributed by atoms with Gasteiger partial charge in [-0.1, -0.05) is 18.2 Å². The van der Waals surface area contributed by atoms with E-state index in [2.05, 4.69) is 9.55 Å². The Labute approximate surface area is 133 Å². The molecule has 0 aliphatic carbocycles. The topological polar surface area (TPSA) is 55.1 Å². The van der Waals surface area contributed by atoms with Crippen LogP contribution in [-0.4, -0.2) is 20.6 Å². The molecule has 118 valence electrons. The second-order valence-electron chi connectivity index (χ2n) is 5.47. The van der Waals surface area contributed by atoms with Crippen LogP contribution in [0.2, 0.25) is 0 Å². The first-order valence-corrected chi connectivity index (χ1v) is 7.51. The number of carboxylic acid groups (broad SMARTS) is 1. The molecule has 0 amide bonds. The van der Waals surface area contributed by atoms with E-state index >= 15 is 0 Å². The number of imidazole rings is 1. The lowest BCUT2D eigenvalue weighted by Crippen LogP contribution is -2.03. The van der Waals surface area contributed by atoms with E-state index in [1.165, 1.54) is 12.1 Å². The monoisotopic (exact) mass is 312 g/mol. The number of carboxylic acids is 1. The maximum Gasteiger partial charge on any atom is 0.307 e. The minimum atomic E-state index is -0.856. The van der Waals surface area contributed by atoms with Gasteiger partial charge in [0.2, 0.25) is 0 Å². The van der Waals surface area contributed by atoms with Crippen LogP contribution in [-0.2, 0) is 24.2 Å². The van der Waals surface area contributed by atoms with Crippen molar-refractivity contribution >= 4 is 17.0 Å². The van der Waals surface area contributed by atoms with Gasteiger partial charge in [0.05, 0.1) is 17.5 Å². The fraction of sp³-hybridized carbons (Fsp3) is 0.222. The molecule has 0 atom stereocenters. The van der Waals surface area contributed by atoms with Gasteiger partial charge in [-0.3, -0.25) is 4.79 Å². The van der Waals surface area contributed by atoms with Crippen LogP contribution < -0.4 is 0 Å². The summed E-state index contributed by atoms with van der Waals surface area (Å²) in [4.78, 5) is 15.5. The number of hydrogen-bond acceptors (Lipinski definition) is 2. The predicted octanol–water partition coefficient (Wildman–Crippen LogP) is 3.41. The molecule has 2 aromatic carbocycles. The summed E-state index contributed by atoms with van der Waals surface area (Å²) >= 11 is 0. The first kappa shape index (κ1) is 15.2. The van der Waals surface area contributed by atoms with Gasteiger partial charge in [-0.15, -0.1) is 0 Å². The van der Waals surface area contributed by atoms with Crippen molar-refractivity contribution in [1.29, 1.82) is 0 Å². The summed E-state index contributed by atoms with van der Waals surface area (Å²) < 4.78 is 15.1. The Kier molecular flexibility index (Phi) is 4.10. The molecule has 3 rings (SSSR count). The molecule has 5 heteroatoms. The first-order valence-electron chi connectivity index (χ1n) is 7.51. The third-order valence-electron chi connectivity index (χ3n) is 3.84. The number of aromatic nitrogens is 2. The summed E-state index contributed by atoms with van der Waals surface area (Å²) in [5.41, 5.74) is 3.50. The van der Waals surface area contributed by atoms with Crippen LogP contribution >= 0.6 is 0 Å². The summed E-state index contributed by atoms with van der Waals surface area (Å²) in [6.45, 7) is 2.81. The molecule has 0 radical (unpaired) electrons. The van der Waals surface area contributed by atoms with Gasteiger partial charge in [0.15, 0.2) is 0 Å². The molecule has 0 saturated carbocycles. The smallest absolute Gasteiger partial charge is 0.307 e. The van der Waals surface area contributed by atoms with Gasteiger partial charge in [0, 0.05) is 13.0 Å². The highest BCUT2D eigenvalue weighted by Crippen LogP contribution is 2.20. The number of carbonyl (C=O) groups is 1. The van der Waals surface area contributed by atoms with E-state index in [1.807, 2.05) is 25.1 Å². The average molecular weight is 312 g/mol. The number of aliphatic carboxylic acids is 1. The number of halogens is 1. The van der Waals surface area contributed by atoms with Crippen molar-refractivity contribution in [2.24, 2.45) is 0 Å². The van der Waals surface area contributed by atoms with Crippen molar-refractivity contribution in [3.63, 3.8) is 0 Å². The van der Waals surface area contributed by atoms with E-state index in [0.29, 0.717) is 6.42 Å². The Hall–Kier alpha value is -2.69. The van der Waals surface area contributed by atoms with E-state index in [1.54, 1.807) is 12.1 Å². The summed E-state index contributed by atoms with van der Waals surface area (Å²) in [7, 11) is 0. The molecular formula is C18H17FN2O2. The molecule has 0 spiro atoms. The van der Waals surface area contributed by atoms with Crippen LogP contribution in [0, 0.1) is 5.82 Å². The molecule has 1 heterocycles. The number of fused-ring (bicyclic) bond motifs is 1. The van der Waals surface area contributed by atoms with Crippen LogP contribution in [0.25, 0.3) is 11.0 Å². The minimum absolute atomic E-state index is 0.0117. The van der Waals surface area contributed by atoms with Crippen LogP contribution in [0.15, 0.2) is 42.5 Å². The van der Waals surface area contributed by atoms with Gasteiger partial charge >= 0.3 is 5.97 Å². The summed E-state index contributed by atoms with van der Waals surface area (Å²) in [5, 5.41) is 8.91. The van der Waals surface area contributed by atoms with Crippen LogP contribution in [0.4, 0.5) is 4.39 Å². The van der Waals surface area contributed by atoms with Gasteiger partial charge < -0.3 is 9.67 Å². The van der Waals surface area contributed by atoms with Crippen molar-refractivity contribution in [3.8, 4) is 0 Å². The molecule has 0 bridgehead atoms. The SMILES string of the molecule is CCn1c(Cc2ccc(F)cc2)nc2cc(CC(=O)O)ccc21. The lowest BCUT2D eigenvalue weighted by atomic mass is 10.1. The molecule has 1 aromatic heterocycles. The molecule has 1 N–H and O–H groups in total. The van der Waals surface area contributed by atoms with Gasteiger partial charge in [-0.2, -0.15) is 0 Å². The maximum atomic E-state index is 13.0. The van der Waals surface area contributed by atoms with E-state index < -0.39 is 5.97 Å². The van der Waals surface area contributed by atoms with Gasteiger partial charge in [-0.25, -0.2) is 9.37 Å². The Balaban J connectivity index is 1.98. The molecular weight excluding hydrogens is 295 g/mol. The maximum absolute atomic E-state index is 13.0. The minimum Gasteiger partial charge on any atom is -0.481 e. The van der Waals surface area contributed by atoms with E-state index in [0.717, 1.165) is 34.5 Å². The van der Waals surface area contributed by atoms with Crippen molar-refractivity contribution in [3.05, 3.63) is 65.2 Å². The largest absolute Gasteiger partial charge is 0.481 e. The molecule has 3 aromatic rings. The normalized spacial score (nSPS) is 11.0. The van der Waals surface area contributed by atoms with Crippen LogP contribution in [0.1, 0.15) is 23.9 Å². The van der Waals surface area contributed by atoms with Crippen molar-refractivity contribution in [1.82, 2.24) is 9.55 Å². The number of aryl methyl sites for hydroxylation is 1. The third kappa shape index (κ3) is 3.23. The van der Waals surface area contributed by atoms with E-state index in [-0.39, 0.29) is 12.2 Å². The van der Waals surface area contributed by atoms with Gasteiger partial charge in [0.1, 0.15) is 11.6 Å². The molecule has 0 fully saturated rings. The molecule has 0 unspecified atom stereocenters. The number of benzene rings is 2. The highest BCUT2D eigenvalue weighted by molar-refractivity contribution is 5.79. The number of hydrogen-bond donors (Lipinski definition) is 1. The molecule has 23 heavy (non-hydrogen) atoms. The highest BCUT2D eigenvalue weighted by Gasteiger charge is 2.11. The standard InChI is InChI=1S/C18H17FN2O2/c1-2-21-16-8-5-13(11-18(22)23)9-15(16)20-17(21)10-12-3-6-14(19)7-4-12/h3-9H,2,10-11H2,1H3,(H,22,23). The van der Waals surface area contributed by atoms with E-state index in [4.69, 9.17) is 5.11 Å². The fourth-order valence-electron chi connectivity index (χ4n) is 2.78. The number of rotatable bonds is 5. The Morgan fingerprint density at radius 3 is 2.52 bits per heavy atom. The van der Waals surface area contributed by atoms with Crippen molar-refractivity contribution in [2.45, 2.75) is 26.3 Å². The summed E-state index contributed by atoms with van der Waals surface area (Å²) in [5.74, 6) is -0.219. The zero-order chi connectivity index (χ0) is 16.4. The Bertz CT molecular complexity index is 853. The quantitative estimate of drug-likeness (QED) is 0.785. The molecule has 0 aliphatic heterocycles. The first-order chi connectivity index (χ1) is 11.1. The van der Waals surface area contributed by atoms with Crippen LogP contribution in [0.3, 0.4) is 0 Å². The van der Waals surface area contributed by atoms with Gasteiger partial charge in [0.25, 0.3) is 0 Å². The predicted molar refractivity (Wildman–Crippen MR) is 86.0 cm³/mol. The lowest BCUT2D eigenvalue weighted by Gasteiger charge is -2.06. The zero-order valence-corrected chi connectivity index (χ0v) is 12.8. The second kappa shape index (κ2) is 6.20. The lowest BCUT2D eigenvalue weighted by molar-refractivity contribution is -0.136. The van der Waals surface area contributed by atoms with Crippen molar-refractivity contribution < 1.29 is 14.3 Å². The van der Waals surface area contributed by atoms with E-state index in [9.17, 15) is 9.18 Å². The summed E-state index contributed by atoms with van der Waals surface area (Å²) in [6, 6.07) is 12.0. The molecule has 0 saturated heterocycles. The third-order valence-corrected chi connectivity index (χ3v) is 3.84. The summed E-state index contributed by atoms with van der Waals surface area (Å²) in [6.07, 6.45) is 0.597. The molecule has 0 aliphatic rings. The van der Waals surface area contributed by atoms with Gasteiger partial charge in [-0.05, 0) is 42.3 Å². The molecule has 4 nitrogen and oxygen atoms in total. The number of nitrogens with zero attached hydrogens (tertiary/aromatic N) is 2. The fourth-order valence-corrected chi connectivity index (χ4v) is 2.78. The highest BCUT2D eigenvalue weighted by atomic mass is 19.1. The average Bonchev–Trinajstić information content (AvgIpc) is 2.85. The zero-order valence-electron chi connectivity index (χ0n) is 12.8. The van der Waals surface area contributed by atoms with Crippen LogP contribution in [0.5, 0.6) is 0 Å².